The van der Waals surface area contributed by atoms with Gasteiger partial charge in [-0.2, -0.15) is 0 Å². The second-order valence-electron chi connectivity index (χ2n) is 7.30. The molecule has 5 nitrogen and oxygen atoms in total. The normalized spacial score (nSPS) is 20.5. The van der Waals surface area contributed by atoms with E-state index in [9.17, 15) is 4.79 Å². The summed E-state index contributed by atoms with van der Waals surface area (Å²) in [5, 5.41) is 0. The molecule has 1 aliphatic carbocycles. The van der Waals surface area contributed by atoms with Crippen molar-refractivity contribution in [3.05, 3.63) is 58.7 Å². The second kappa shape index (κ2) is 7.66. The maximum Gasteiger partial charge on any atom is 0.337 e. The van der Waals surface area contributed by atoms with E-state index in [-0.39, 0.29) is 12.0 Å². The molecule has 5 heteroatoms. The lowest BCUT2D eigenvalue weighted by Gasteiger charge is -2.35. The number of fused-ring (bicyclic) bond motifs is 3. The van der Waals surface area contributed by atoms with Gasteiger partial charge in [-0.15, -0.1) is 0 Å². The third-order valence-electron chi connectivity index (χ3n) is 5.79. The second-order valence-corrected chi connectivity index (χ2v) is 7.30. The number of ether oxygens (including phenoxy) is 3. The van der Waals surface area contributed by atoms with E-state index in [0.717, 1.165) is 35.4 Å². The van der Waals surface area contributed by atoms with Gasteiger partial charge in [0.05, 0.1) is 38.6 Å². The molecule has 1 heterocycles. The summed E-state index contributed by atoms with van der Waals surface area (Å²) in [6, 6.07) is 11.9. The largest absolute Gasteiger partial charge is 0.493 e. The molecule has 2 atom stereocenters. The SMILES string of the molecule is COC(=O)c1cccc(C2=N[C@@H]3CCCC[C@@H]3c3cc(OC)c(OC)cc32)c1. The molecule has 0 spiro atoms. The topological polar surface area (TPSA) is 57.1 Å². The fourth-order valence-electron chi connectivity index (χ4n) is 4.41. The molecule has 1 saturated carbocycles. The highest BCUT2D eigenvalue weighted by Gasteiger charge is 2.34. The lowest BCUT2D eigenvalue weighted by atomic mass is 9.75. The molecule has 0 N–H and O–H groups in total. The Hall–Kier alpha value is -2.82. The van der Waals surface area contributed by atoms with Crippen molar-refractivity contribution in [2.45, 2.75) is 37.6 Å². The van der Waals surface area contributed by atoms with Crippen molar-refractivity contribution >= 4 is 11.7 Å². The fourth-order valence-corrected chi connectivity index (χ4v) is 4.41. The number of methoxy groups -OCH3 is 3. The van der Waals surface area contributed by atoms with Crippen LogP contribution >= 0.6 is 0 Å². The van der Waals surface area contributed by atoms with Crippen LogP contribution in [0.3, 0.4) is 0 Å². The first-order valence-electron chi connectivity index (χ1n) is 9.69. The summed E-state index contributed by atoms with van der Waals surface area (Å²) in [7, 11) is 4.71. The van der Waals surface area contributed by atoms with Crippen molar-refractivity contribution in [3.63, 3.8) is 0 Å². The van der Waals surface area contributed by atoms with Gasteiger partial charge in [0.2, 0.25) is 0 Å². The van der Waals surface area contributed by atoms with Gasteiger partial charge in [-0.3, -0.25) is 4.99 Å². The Balaban J connectivity index is 1.88. The summed E-state index contributed by atoms with van der Waals surface area (Å²) < 4.78 is 16.0. The van der Waals surface area contributed by atoms with Crippen LogP contribution in [0.4, 0.5) is 0 Å². The van der Waals surface area contributed by atoms with Crippen LogP contribution in [0.1, 0.15) is 58.6 Å². The molecule has 1 aliphatic heterocycles. The molecule has 28 heavy (non-hydrogen) atoms. The summed E-state index contributed by atoms with van der Waals surface area (Å²) in [6.07, 6.45) is 4.63. The van der Waals surface area contributed by atoms with Crippen molar-refractivity contribution < 1.29 is 19.0 Å². The number of benzene rings is 2. The highest BCUT2D eigenvalue weighted by Crippen LogP contribution is 2.44. The van der Waals surface area contributed by atoms with E-state index < -0.39 is 0 Å². The van der Waals surface area contributed by atoms with Crippen LogP contribution in [-0.4, -0.2) is 39.1 Å². The summed E-state index contributed by atoms with van der Waals surface area (Å²) in [4.78, 5) is 17.1. The number of carbonyl (C=O) groups is 1. The molecule has 2 aliphatic rings. The fraction of sp³-hybridized carbons (Fsp3) is 0.391. The Bertz CT molecular complexity index is 934. The van der Waals surface area contributed by atoms with Crippen LogP contribution in [0.25, 0.3) is 0 Å². The molecule has 0 saturated heterocycles. The Morgan fingerprint density at radius 1 is 1.00 bits per heavy atom. The average molecular weight is 379 g/mol. The molecule has 0 radical (unpaired) electrons. The predicted octanol–water partition coefficient (Wildman–Crippen LogP) is 4.37. The number of hydrogen-bond acceptors (Lipinski definition) is 5. The minimum Gasteiger partial charge on any atom is -0.493 e. The zero-order valence-electron chi connectivity index (χ0n) is 16.5. The van der Waals surface area contributed by atoms with Gasteiger partial charge in [-0.05, 0) is 42.7 Å². The standard InChI is InChI=1S/C23H25NO4/c1-26-20-12-17-16-9-4-5-10-19(16)24-22(18(17)13-21(20)27-2)14-7-6-8-15(11-14)23(25)28-3/h6-8,11-13,16,19H,4-5,9-10H2,1-3H3/t16-,19-/m1/s1. The molecule has 0 aromatic heterocycles. The van der Waals surface area contributed by atoms with E-state index in [2.05, 4.69) is 6.07 Å². The van der Waals surface area contributed by atoms with E-state index in [1.807, 2.05) is 24.3 Å². The number of esters is 1. The first kappa shape index (κ1) is 18.5. The van der Waals surface area contributed by atoms with Gasteiger partial charge in [0.25, 0.3) is 0 Å². The number of aliphatic imine (C=N–C) groups is 1. The summed E-state index contributed by atoms with van der Waals surface area (Å²) >= 11 is 0. The molecule has 4 rings (SSSR count). The number of nitrogens with zero attached hydrogens (tertiary/aromatic N) is 1. The van der Waals surface area contributed by atoms with E-state index in [1.54, 1.807) is 20.3 Å². The van der Waals surface area contributed by atoms with E-state index >= 15 is 0 Å². The Morgan fingerprint density at radius 2 is 1.75 bits per heavy atom. The lowest BCUT2D eigenvalue weighted by Crippen LogP contribution is -2.29. The van der Waals surface area contributed by atoms with Crippen molar-refractivity contribution in [1.29, 1.82) is 0 Å². The van der Waals surface area contributed by atoms with Crippen LogP contribution in [-0.2, 0) is 4.74 Å². The lowest BCUT2D eigenvalue weighted by molar-refractivity contribution is 0.0600. The number of carbonyl (C=O) groups excluding carboxylic acids is 1. The summed E-state index contributed by atoms with van der Waals surface area (Å²) in [6.45, 7) is 0. The van der Waals surface area contributed by atoms with Crippen molar-refractivity contribution in [2.75, 3.05) is 21.3 Å². The van der Waals surface area contributed by atoms with Gasteiger partial charge in [0.1, 0.15) is 0 Å². The van der Waals surface area contributed by atoms with Crippen LogP contribution in [0, 0.1) is 0 Å². The maximum atomic E-state index is 12.0. The van der Waals surface area contributed by atoms with Crippen LogP contribution < -0.4 is 9.47 Å². The Morgan fingerprint density at radius 3 is 2.50 bits per heavy atom. The van der Waals surface area contributed by atoms with E-state index in [1.165, 1.54) is 25.5 Å². The molecule has 0 unspecified atom stereocenters. The molecular formula is C23H25NO4. The molecule has 2 aromatic rings. The van der Waals surface area contributed by atoms with Gasteiger partial charge in [-0.1, -0.05) is 25.0 Å². The molecule has 1 fully saturated rings. The van der Waals surface area contributed by atoms with Gasteiger partial charge < -0.3 is 14.2 Å². The zero-order valence-corrected chi connectivity index (χ0v) is 16.5. The zero-order chi connectivity index (χ0) is 19.7. The van der Waals surface area contributed by atoms with Crippen LogP contribution in [0.15, 0.2) is 41.4 Å². The smallest absolute Gasteiger partial charge is 0.337 e. The minimum absolute atomic E-state index is 0.260. The minimum atomic E-state index is -0.346. The number of rotatable bonds is 4. The van der Waals surface area contributed by atoms with E-state index in [4.69, 9.17) is 19.2 Å². The molecular weight excluding hydrogens is 354 g/mol. The monoisotopic (exact) mass is 379 g/mol. The van der Waals surface area contributed by atoms with Crippen molar-refractivity contribution in [1.82, 2.24) is 0 Å². The average Bonchev–Trinajstić information content (AvgIpc) is 2.76. The Kier molecular flexibility index (Phi) is 5.07. The Labute approximate surface area is 165 Å². The summed E-state index contributed by atoms with van der Waals surface area (Å²) in [5.41, 5.74) is 4.67. The summed E-state index contributed by atoms with van der Waals surface area (Å²) in [5.74, 6) is 1.49. The van der Waals surface area contributed by atoms with Gasteiger partial charge in [0, 0.05) is 17.0 Å². The first-order chi connectivity index (χ1) is 13.7. The maximum absolute atomic E-state index is 12.0. The van der Waals surface area contributed by atoms with Crippen molar-refractivity contribution in [2.24, 2.45) is 4.99 Å². The molecule has 0 amide bonds. The van der Waals surface area contributed by atoms with Crippen LogP contribution in [0.5, 0.6) is 11.5 Å². The highest BCUT2D eigenvalue weighted by molar-refractivity contribution is 6.15. The third kappa shape index (κ3) is 3.15. The van der Waals surface area contributed by atoms with Gasteiger partial charge >= 0.3 is 5.97 Å². The van der Waals surface area contributed by atoms with E-state index in [0.29, 0.717) is 17.2 Å². The van der Waals surface area contributed by atoms with Gasteiger partial charge in [0.15, 0.2) is 11.5 Å². The number of hydrogen-bond donors (Lipinski definition) is 0. The molecule has 2 aromatic carbocycles. The molecule has 0 bridgehead atoms. The predicted molar refractivity (Wildman–Crippen MR) is 108 cm³/mol. The first-order valence-corrected chi connectivity index (χ1v) is 9.69. The van der Waals surface area contributed by atoms with Gasteiger partial charge in [-0.25, -0.2) is 4.79 Å². The highest BCUT2D eigenvalue weighted by atomic mass is 16.5. The quantitative estimate of drug-likeness (QED) is 0.741. The van der Waals surface area contributed by atoms with Crippen LogP contribution in [0.2, 0.25) is 0 Å². The van der Waals surface area contributed by atoms with Crippen molar-refractivity contribution in [3.8, 4) is 11.5 Å². The molecule has 146 valence electrons. The third-order valence-corrected chi connectivity index (χ3v) is 5.79.